The molecule has 4 nitrogen and oxygen atoms in total. The molecule has 20 heavy (non-hydrogen) atoms. The van der Waals surface area contributed by atoms with Crippen molar-refractivity contribution >= 4 is 38.5 Å². The molecule has 2 heterocycles. The molecule has 0 saturated heterocycles. The summed E-state index contributed by atoms with van der Waals surface area (Å²) in [7, 11) is 0. The standard InChI is InChI=1S/C14H10N2O2S2/c15-14(17)12-13(10-6-7-16-8-11(10)19-12)20(18)9-4-2-1-3-5-9/h1-8H,(H2,15,17). The molecular weight excluding hydrogens is 292 g/mol. The minimum atomic E-state index is -1.44. The van der Waals surface area contributed by atoms with Gasteiger partial charge in [0, 0.05) is 23.6 Å². The smallest absolute Gasteiger partial charge is 0.264 e. The van der Waals surface area contributed by atoms with Crippen LogP contribution in [0.25, 0.3) is 10.1 Å². The van der Waals surface area contributed by atoms with Crippen molar-refractivity contribution in [2.24, 2.45) is 5.73 Å². The average Bonchev–Trinajstić information content (AvgIpc) is 2.87. The van der Waals surface area contributed by atoms with Crippen molar-refractivity contribution in [2.75, 3.05) is 0 Å². The molecule has 1 unspecified atom stereocenters. The molecule has 1 aromatic carbocycles. The number of hydrogen-bond acceptors (Lipinski definition) is 4. The summed E-state index contributed by atoms with van der Waals surface area (Å²) in [5.41, 5.74) is 5.41. The van der Waals surface area contributed by atoms with Gasteiger partial charge in [-0.25, -0.2) is 0 Å². The van der Waals surface area contributed by atoms with E-state index in [4.69, 9.17) is 5.73 Å². The van der Waals surface area contributed by atoms with Crippen LogP contribution >= 0.6 is 11.3 Å². The zero-order valence-corrected chi connectivity index (χ0v) is 11.9. The maximum absolute atomic E-state index is 12.7. The quantitative estimate of drug-likeness (QED) is 0.755. The molecule has 0 aliphatic rings. The number of aromatic nitrogens is 1. The Bertz CT molecular complexity index is 771. The number of carbonyl (C=O) groups is 1. The predicted octanol–water partition coefficient (Wildman–Crippen LogP) is 2.56. The summed E-state index contributed by atoms with van der Waals surface area (Å²) in [6, 6.07) is 10.8. The van der Waals surface area contributed by atoms with Crippen molar-refractivity contribution in [3.63, 3.8) is 0 Å². The van der Waals surface area contributed by atoms with E-state index < -0.39 is 17.1 Å². The Balaban J connectivity index is 2.24. The monoisotopic (exact) mass is 302 g/mol. The number of thiophene rings is 1. The summed E-state index contributed by atoms with van der Waals surface area (Å²) in [4.78, 5) is 17.1. The van der Waals surface area contributed by atoms with Gasteiger partial charge in [-0.2, -0.15) is 0 Å². The first-order valence-electron chi connectivity index (χ1n) is 5.81. The number of nitrogens with zero attached hydrogens (tertiary/aromatic N) is 1. The fourth-order valence-corrected chi connectivity index (χ4v) is 4.56. The molecule has 1 amide bonds. The van der Waals surface area contributed by atoms with Gasteiger partial charge in [0.05, 0.1) is 10.1 Å². The predicted molar refractivity (Wildman–Crippen MR) is 79.3 cm³/mol. The van der Waals surface area contributed by atoms with Crippen LogP contribution in [0.1, 0.15) is 9.67 Å². The molecule has 0 saturated carbocycles. The first kappa shape index (κ1) is 13.1. The zero-order chi connectivity index (χ0) is 14.1. The third-order valence-corrected chi connectivity index (χ3v) is 5.59. The summed E-state index contributed by atoms with van der Waals surface area (Å²) < 4.78 is 13.5. The summed E-state index contributed by atoms with van der Waals surface area (Å²) in [5.74, 6) is -0.564. The van der Waals surface area contributed by atoms with Crippen LogP contribution in [0.5, 0.6) is 0 Å². The van der Waals surface area contributed by atoms with Crippen LogP contribution in [-0.4, -0.2) is 15.4 Å². The molecule has 0 aliphatic carbocycles. The van der Waals surface area contributed by atoms with Gasteiger partial charge in [0.2, 0.25) is 0 Å². The molecule has 6 heteroatoms. The van der Waals surface area contributed by atoms with E-state index in [-0.39, 0.29) is 0 Å². The van der Waals surface area contributed by atoms with Crippen LogP contribution in [0, 0.1) is 0 Å². The molecule has 0 bridgehead atoms. The van der Waals surface area contributed by atoms with E-state index in [1.807, 2.05) is 18.2 Å². The molecule has 0 radical (unpaired) electrons. The molecule has 2 N–H and O–H groups in total. The molecule has 0 fully saturated rings. The Labute approximate surface area is 122 Å². The van der Waals surface area contributed by atoms with Crippen LogP contribution in [0.2, 0.25) is 0 Å². The first-order chi connectivity index (χ1) is 9.68. The first-order valence-corrected chi connectivity index (χ1v) is 7.78. The van der Waals surface area contributed by atoms with Crippen LogP contribution < -0.4 is 5.73 Å². The highest BCUT2D eigenvalue weighted by Gasteiger charge is 2.27. The van der Waals surface area contributed by atoms with Crippen LogP contribution in [0.15, 0.2) is 58.6 Å². The van der Waals surface area contributed by atoms with Crippen LogP contribution in [-0.2, 0) is 11.2 Å². The lowest BCUT2D eigenvalue weighted by molar-refractivity contribution is 0.100. The molecule has 3 aromatic rings. The third kappa shape index (κ3) is 2.18. The fourth-order valence-electron chi connectivity index (χ4n) is 1.94. The SMILES string of the molecule is NC(=O)c1sc2cnccc2c1[S+]([O-])c1ccccc1. The van der Waals surface area contributed by atoms with Gasteiger partial charge in [0.1, 0.15) is 4.88 Å². The lowest BCUT2D eigenvalue weighted by atomic mass is 10.3. The van der Waals surface area contributed by atoms with Gasteiger partial charge in [0.25, 0.3) is 5.91 Å². The van der Waals surface area contributed by atoms with Gasteiger partial charge in [-0.15, -0.1) is 11.3 Å². The van der Waals surface area contributed by atoms with Crippen molar-refractivity contribution in [2.45, 2.75) is 9.79 Å². The van der Waals surface area contributed by atoms with Crippen molar-refractivity contribution in [1.82, 2.24) is 4.98 Å². The van der Waals surface area contributed by atoms with Crippen molar-refractivity contribution < 1.29 is 9.35 Å². The molecule has 3 rings (SSSR count). The maximum atomic E-state index is 12.7. The average molecular weight is 302 g/mol. The highest BCUT2D eigenvalue weighted by atomic mass is 32.2. The number of primary amides is 1. The van der Waals surface area contributed by atoms with Gasteiger partial charge in [-0.1, -0.05) is 18.2 Å². The van der Waals surface area contributed by atoms with Gasteiger partial charge in [-0.3, -0.25) is 9.78 Å². The number of fused-ring (bicyclic) bond motifs is 1. The Morgan fingerprint density at radius 3 is 2.70 bits per heavy atom. The van der Waals surface area contributed by atoms with Gasteiger partial charge < -0.3 is 10.3 Å². The normalized spacial score (nSPS) is 12.4. The molecule has 2 aromatic heterocycles. The number of pyridine rings is 1. The van der Waals surface area contributed by atoms with Crippen molar-refractivity contribution in [3.05, 3.63) is 53.7 Å². The molecular formula is C14H10N2O2S2. The lowest BCUT2D eigenvalue weighted by Gasteiger charge is -2.09. The number of carbonyl (C=O) groups excluding carboxylic acids is 1. The van der Waals surface area contributed by atoms with E-state index in [1.165, 1.54) is 11.3 Å². The van der Waals surface area contributed by atoms with E-state index in [1.54, 1.807) is 30.6 Å². The van der Waals surface area contributed by atoms with E-state index >= 15 is 0 Å². The highest BCUT2D eigenvalue weighted by molar-refractivity contribution is 7.92. The van der Waals surface area contributed by atoms with Crippen LogP contribution in [0.4, 0.5) is 0 Å². The Kier molecular flexibility index (Phi) is 3.43. The summed E-state index contributed by atoms with van der Waals surface area (Å²) in [6.45, 7) is 0. The van der Waals surface area contributed by atoms with Crippen LogP contribution in [0.3, 0.4) is 0 Å². The second-order valence-electron chi connectivity index (χ2n) is 4.08. The minimum absolute atomic E-state index is 0.329. The Morgan fingerprint density at radius 1 is 1.25 bits per heavy atom. The zero-order valence-electron chi connectivity index (χ0n) is 10.3. The van der Waals surface area contributed by atoms with Gasteiger partial charge in [0.15, 0.2) is 9.79 Å². The maximum Gasteiger partial charge on any atom is 0.264 e. The summed E-state index contributed by atoms with van der Waals surface area (Å²) in [6.07, 6.45) is 3.27. The highest BCUT2D eigenvalue weighted by Crippen LogP contribution is 2.36. The summed E-state index contributed by atoms with van der Waals surface area (Å²) in [5, 5.41) is 0.765. The van der Waals surface area contributed by atoms with Gasteiger partial charge >= 0.3 is 0 Å². The number of benzene rings is 1. The van der Waals surface area contributed by atoms with E-state index in [2.05, 4.69) is 4.98 Å². The number of rotatable bonds is 3. The summed E-state index contributed by atoms with van der Waals surface area (Å²) >= 11 is -0.216. The second kappa shape index (κ2) is 5.24. The van der Waals surface area contributed by atoms with Crippen molar-refractivity contribution in [1.29, 1.82) is 0 Å². The fraction of sp³-hybridized carbons (Fsp3) is 0. The van der Waals surface area contributed by atoms with E-state index in [9.17, 15) is 9.35 Å². The minimum Gasteiger partial charge on any atom is -0.606 e. The Hall–Kier alpha value is -1.89. The van der Waals surface area contributed by atoms with E-state index in [0.717, 1.165) is 10.1 Å². The number of nitrogens with two attached hydrogens (primary N) is 1. The largest absolute Gasteiger partial charge is 0.606 e. The Morgan fingerprint density at radius 2 is 2.00 bits per heavy atom. The van der Waals surface area contributed by atoms with Gasteiger partial charge in [-0.05, 0) is 18.2 Å². The molecule has 0 spiro atoms. The van der Waals surface area contributed by atoms with Crippen molar-refractivity contribution in [3.8, 4) is 0 Å². The molecule has 100 valence electrons. The number of amides is 1. The topological polar surface area (TPSA) is 79.0 Å². The third-order valence-electron chi connectivity index (χ3n) is 2.81. The molecule has 0 aliphatic heterocycles. The second-order valence-corrected chi connectivity index (χ2v) is 6.55. The number of hydrogen-bond donors (Lipinski definition) is 1. The molecule has 1 atom stereocenters. The van der Waals surface area contributed by atoms with E-state index in [0.29, 0.717) is 14.7 Å². The lowest BCUT2D eigenvalue weighted by Crippen LogP contribution is -2.14.